The van der Waals surface area contributed by atoms with E-state index in [1.54, 1.807) is 23.1 Å². The molecule has 1 saturated heterocycles. The Kier molecular flexibility index (Phi) is 5.60. The van der Waals surface area contributed by atoms with Gasteiger partial charge in [-0.15, -0.1) is 21.5 Å². The lowest BCUT2D eigenvalue weighted by Gasteiger charge is -2.15. The Hall–Kier alpha value is -1.71. The maximum absolute atomic E-state index is 5.85. The standard InChI is InChI=1S/C18H23N5O2S2/c1-11(2)15-19-17(25-22-15)12(3)27-18-21-20-16(14-7-5-9-26-14)23(18)10-13-6-4-8-24-13/h5,7,9,11-13H,4,6,8,10H2,1-3H3. The van der Waals surface area contributed by atoms with Gasteiger partial charge in [-0.05, 0) is 31.2 Å². The van der Waals surface area contributed by atoms with Crippen molar-refractivity contribution in [3.05, 3.63) is 29.2 Å². The average Bonchev–Trinajstić information content (AvgIpc) is 3.44. The molecule has 0 aromatic carbocycles. The minimum Gasteiger partial charge on any atom is -0.376 e. The highest BCUT2D eigenvalue weighted by Gasteiger charge is 2.25. The first-order valence-corrected chi connectivity index (χ1v) is 11.0. The summed E-state index contributed by atoms with van der Waals surface area (Å²) in [5.74, 6) is 2.49. The summed E-state index contributed by atoms with van der Waals surface area (Å²) in [4.78, 5) is 5.63. The van der Waals surface area contributed by atoms with E-state index in [0.29, 0.717) is 5.89 Å². The highest BCUT2D eigenvalue weighted by atomic mass is 32.2. The Labute approximate surface area is 166 Å². The molecule has 144 valence electrons. The molecule has 0 spiro atoms. The first kappa shape index (κ1) is 18.6. The second-order valence-corrected chi connectivity index (χ2v) is 9.19. The summed E-state index contributed by atoms with van der Waals surface area (Å²) in [7, 11) is 0. The van der Waals surface area contributed by atoms with Gasteiger partial charge in [-0.3, -0.25) is 4.57 Å². The van der Waals surface area contributed by atoms with Gasteiger partial charge in [0.25, 0.3) is 0 Å². The van der Waals surface area contributed by atoms with Crippen molar-refractivity contribution in [2.75, 3.05) is 6.61 Å². The van der Waals surface area contributed by atoms with Crippen LogP contribution < -0.4 is 0 Å². The molecule has 7 nitrogen and oxygen atoms in total. The van der Waals surface area contributed by atoms with Gasteiger partial charge in [0.15, 0.2) is 16.8 Å². The molecule has 0 amide bonds. The van der Waals surface area contributed by atoms with Gasteiger partial charge in [0, 0.05) is 12.5 Å². The van der Waals surface area contributed by atoms with Crippen molar-refractivity contribution in [2.45, 2.75) is 62.6 Å². The van der Waals surface area contributed by atoms with Gasteiger partial charge in [-0.1, -0.05) is 36.8 Å². The summed E-state index contributed by atoms with van der Waals surface area (Å²) in [6.07, 6.45) is 2.40. The summed E-state index contributed by atoms with van der Waals surface area (Å²) >= 11 is 3.26. The predicted molar refractivity (Wildman–Crippen MR) is 105 cm³/mol. The summed E-state index contributed by atoms with van der Waals surface area (Å²) in [6.45, 7) is 7.75. The third-order valence-corrected chi connectivity index (χ3v) is 6.41. The molecule has 4 rings (SSSR count). The zero-order valence-corrected chi connectivity index (χ0v) is 17.3. The van der Waals surface area contributed by atoms with Crippen LogP contribution in [0.25, 0.3) is 10.7 Å². The third-order valence-electron chi connectivity index (χ3n) is 4.47. The molecule has 0 aliphatic carbocycles. The van der Waals surface area contributed by atoms with Crippen LogP contribution in [-0.2, 0) is 11.3 Å². The van der Waals surface area contributed by atoms with Crippen LogP contribution in [0.1, 0.15) is 56.5 Å². The number of hydrogen-bond donors (Lipinski definition) is 0. The molecule has 0 bridgehead atoms. The summed E-state index contributed by atoms with van der Waals surface area (Å²) < 4.78 is 13.5. The smallest absolute Gasteiger partial charge is 0.239 e. The molecule has 27 heavy (non-hydrogen) atoms. The summed E-state index contributed by atoms with van der Waals surface area (Å²) in [5.41, 5.74) is 0. The molecule has 1 fully saturated rings. The van der Waals surface area contributed by atoms with Gasteiger partial charge in [-0.25, -0.2) is 0 Å². The van der Waals surface area contributed by atoms with Gasteiger partial charge in [0.1, 0.15) is 0 Å². The Bertz CT molecular complexity index is 868. The van der Waals surface area contributed by atoms with E-state index in [2.05, 4.69) is 57.1 Å². The van der Waals surface area contributed by atoms with Gasteiger partial charge in [-0.2, -0.15) is 4.98 Å². The first-order chi connectivity index (χ1) is 13.1. The van der Waals surface area contributed by atoms with Crippen LogP contribution in [0, 0.1) is 0 Å². The second-order valence-electron chi connectivity index (χ2n) is 6.93. The molecule has 9 heteroatoms. The number of nitrogens with zero attached hydrogens (tertiary/aromatic N) is 5. The number of thiophene rings is 1. The molecule has 0 radical (unpaired) electrons. The van der Waals surface area contributed by atoms with Gasteiger partial charge >= 0.3 is 0 Å². The Morgan fingerprint density at radius 1 is 1.33 bits per heavy atom. The molecule has 0 N–H and O–H groups in total. The van der Waals surface area contributed by atoms with Crippen molar-refractivity contribution in [3.63, 3.8) is 0 Å². The first-order valence-electron chi connectivity index (χ1n) is 9.20. The maximum Gasteiger partial charge on any atom is 0.239 e. The molecule has 4 heterocycles. The Morgan fingerprint density at radius 2 is 2.22 bits per heavy atom. The number of ether oxygens (including phenoxy) is 1. The predicted octanol–water partition coefficient (Wildman–Crippen LogP) is 4.55. The van der Waals surface area contributed by atoms with Crippen LogP contribution in [0.3, 0.4) is 0 Å². The van der Waals surface area contributed by atoms with Crippen LogP contribution in [-0.4, -0.2) is 37.6 Å². The number of thioether (sulfide) groups is 1. The fourth-order valence-electron chi connectivity index (χ4n) is 2.98. The quantitative estimate of drug-likeness (QED) is 0.534. The van der Waals surface area contributed by atoms with Crippen LogP contribution in [0.15, 0.2) is 27.2 Å². The molecule has 2 unspecified atom stereocenters. The summed E-state index contributed by atoms with van der Waals surface area (Å²) in [6, 6.07) is 4.11. The molecule has 1 aliphatic rings. The molecule has 0 saturated carbocycles. The topological polar surface area (TPSA) is 78.9 Å². The van der Waals surface area contributed by atoms with E-state index >= 15 is 0 Å². The van der Waals surface area contributed by atoms with Crippen molar-refractivity contribution in [2.24, 2.45) is 0 Å². The zero-order chi connectivity index (χ0) is 18.8. The van der Waals surface area contributed by atoms with Crippen LogP contribution in [0.5, 0.6) is 0 Å². The third kappa shape index (κ3) is 4.09. The van der Waals surface area contributed by atoms with Crippen LogP contribution >= 0.6 is 23.1 Å². The summed E-state index contributed by atoms with van der Waals surface area (Å²) in [5, 5.41) is 15.9. The highest BCUT2D eigenvalue weighted by Crippen LogP contribution is 2.36. The molecule has 1 aliphatic heterocycles. The lowest BCUT2D eigenvalue weighted by molar-refractivity contribution is 0.0953. The van der Waals surface area contributed by atoms with Gasteiger partial charge in [0.05, 0.1) is 22.8 Å². The van der Waals surface area contributed by atoms with Crippen molar-refractivity contribution in [3.8, 4) is 10.7 Å². The molecular formula is C18H23N5O2S2. The van der Waals surface area contributed by atoms with E-state index in [0.717, 1.165) is 47.7 Å². The van der Waals surface area contributed by atoms with E-state index < -0.39 is 0 Å². The molecular weight excluding hydrogens is 382 g/mol. The fraction of sp³-hybridized carbons (Fsp3) is 0.556. The largest absolute Gasteiger partial charge is 0.376 e. The van der Waals surface area contributed by atoms with Crippen LogP contribution in [0.4, 0.5) is 0 Å². The minimum absolute atomic E-state index is 0.00590. The van der Waals surface area contributed by atoms with Crippen molar-refractivity contribution < 1.29 is 9.26 Å². The Morgan fingerprint density at radius 3 is 2.89 bits per heavy atom. The number of hydrogen-bond acceptors (Lipinski definition) is 8. The zero-order valence-electron chi connectivity index (χ0n) is 15.7. The van der Waals surface area contributed by atoms with Crippen molar-refractivity contribution in [1.29, 1.82) is 0 Å². The molecule has 2 atom stereocenters. The monoisotopic (exact) mass is 405 g/mol. The minimum atomic E-state index is -0.00590. The van der Waals surface area contributed by atoms with E-state index in [1.807, 2.05) is 6.07 Å². The van der Waals surface area contributed by atoms with E-state index in [-0.39, 0.29) is 17.3 Å². The molecule has 3 aromatic heterocycles. The number of aromatic nitrogens is 5. The van der Waals surface area contributed by atoms with Crippen molar-refractivity contribution in [1.82, 2.24) is 24.9 Å². The average molecular weight is 406 g/mol. The second kappa shape index (κ2) is 8.12. The Balaban J connectivity index is 1.59. The van der Waals surface area contributed by atoms with Crippen LogP contribution in [0.2, 0.25) is 0 Å². The highest BCUT2D eigenvalue weighted by molar-refractivity contribution is 7.99. The normalized spacial score (nSPS) is 18.4. The lowest BCUT2D eigenvalue weighted by Crippen LogP contribution is -2.16. The van der Waals surface area contributed by atoms with Gasteiger partial charge < -0.3 is 9.26 Å². The lowest BCUT2D eigenvalue weighted by atomic mass is 10.2. The SMILES string of the molecule is CC(C)c1noc(C(C)Sc2nnc(-c3cccs3)n2CC2CCCO2)n1. The van der Waals surface area contributed by atoms with Gasteiger partial charge in [0.2, 0.25) is 5.89 Å². The fourth-order valence-corrected chi connectivity index (χ4v) is 4.58. The van der Waals surface area contributed by atoms with E-state index in [4.69, 9.17) is 9.26 Å². The molecule has 3 aromatic rings. The van der Waals surface area contributed by atoms with Crippen molar-refractivity contribution >= 4 is 23.1 Å². The van der Waals surface area contributed by atoms with E-state index in [1.165, 1.54) is 0 Å². The number of rotatable bonds is 7. The van der Waals surface area contributed by atoms with E-state index in [9.17, 15) is 0 Å². The maximum atomic E-state index is 5.85.